The summed E-state index contributed by atoms with van der Waals surface area (Å²) in [5.74, 6) is 0.922. The van der Waals surface area contributed by atoms with Gasteiger partial charge in [0.1, 0.15) is 12.3 Å². The lowest BCUT2D eigenvalue weighted by Crippen LogP contribution is -3.09. The van der Waals surface area contributed by atoms with Gasteiger partial charge in [0, 0.05) is 5.56 Å². The average Bonchev–Trinajstić information content (AvgIpc) is 2.28. The zero-order chi connectivity index (χ0) is 12.3. The average molecular weight is 236 g/mol. The summed E-state index contributed by atoms with van der Waals surface area (Å²) in [4.78, 5) is 1.53. The Morgan fingerprint density at radius 3 is 2.41 bits per heavy atom. The number of quaternary nitrogens is 1. The van der Waals surface area contributed by atoms with E-state index in [2.05, 4.69) is 26.1 Å². The van der Waals surface area contributed by atoms with E-state index in [1.54, 1.807) is 7.11 Å². The van der Waals surface area contributed by atoms with Crippen molar-refractivity contribution >= 4 is 0 Å². The summed E-state index contributed by atoms with van der Waals surface area (Å²) < 4.78 is 10.4. The molecule has 1 aromatic rings. The van der Waals surface area contributed by atoms with E-state index in [1.165, 1.54) is 17.0 Å². The van der Waals surface area contributed by atoms with Crippen LogP contribution in [-0.4, -0.2) is 33.9 Å². The maximum absolute atomic E-state index is 5.29. The summed E-state index contributed by atoms with van der Waals surface area (Å²) in [6, 6.07) is 8.33. The Kier molecular flexibility index (Phi) is 3.69. The molecule has 17 heavy (non-hydrogen) atoms. The Labute approximate surface area is 103 Å². The summed E-state index contributed by atoms with van der Waals surface area (Å²) in [5, 5.41) is 0. The highest BCUT2D eigenvalue weighted by Crippen LogP contribution is 2.24. The van der Waals surface area contributed by atoms with Crippen LogP contribution in [-0.2, 0) is 11.3 Å². The molecule has 1 atom stereocenters. The first-order valence-electron chi connectivity index (χ1n) is 6.13. The molecule has 0 spiro atoms. The molecule has 3 heteroatoms. The van der Waals surface area contributed by atoms with E-state index in [0.29, 0.717) is 5.41 Å². The molecule has 1 saturated heterocycles. The monoisotopic (exact) mass is 236 g/mol. The lowest BCUT2D eigenvalue weighted by atomic mass is 9.88. The van der Waals surface area contributed by atoms with Crippen molar-refractivity contribution in [1.29, 1.82) is 0 Å². The summed E-state index contributed by atoms with van der Waals surface area (Å²) in [5.41, 5.74) is 1.74. The van der Waals surface area contributed by atoms with Crippen molar-refractivity contribution in [3.05, 3.63) is 29.8 Å². The standard InChI is InChI=1S/C14H21NO2/c1-14(10-17-11-14)9-15(2)8-12-4-6-13(16-3)7-5-12/h4-7H,8-11H2,1-3H3/p+1. The van der Waals surface area contributed by atoms with Gasteiger partial charge in [-0.2, -0.15) is 0 Å². The smallest absolute Gasteiger partial charge is 0.118 e. The molecule has 0 amide bonds. The van der Waals surface area contributed by atoms with Crippen molar-refractivity contribution in [2.24, 2.45) is 5.41 Å². The van der Waals surface area contributed by atoms with E-state index in [9.17, 15) is 0 Å². The van der Waals surface area contributed by atoms with Crippen molar-refractivity contribution in [3.63, 3.8) is 0 Å². The van der Waals surface area contributed by atoms with Crippen molar-refractivity contribution in [2.45, 2.75) is 13.5 Å². The summed E-state index contributed by atoms with van der Waals surface area (Å²) in [6.07, 6.45) is 0. The first kappa shape index (κ1) is 12.4. The molecule has 1 N–H and O–H groups in total. The van der Waals surface area contributed by atoms with Gasteiger partial charge in [-0.05, 0) is 31.2 Å². The zero-order valence-corrected chi connectivity index (χ0v) is 11.0. The highest BCUT2D eigenvalue weighted by atomic mass is 16.5. The maximum atomic E-state index is 5.29. The Hall–Kier alpha value is -1.06. The number of methoxy groups -OCH3 is 1. The van der Waals surface area contributed by atoms with E-state index in [0.717, 1.165) is 25.5 Å². The van der Waals surface area contributed by atoms with Gasteiger partial charge in [-0.1, -0.05) is 0 Å². The molecule has 94 valence electrons. The molecule has 1 aliphatic heterocycles. The highest BCUT2D eigenvalue weighted by Gasteiger charge is 2.36. The molecule has 0 saturated carbocycles. The van der Waals surface area contributed by atoms with Crippen LogP contribution in [0, 0.1) is 5.41 Å². The van der Waals surface area contributed by atoms with Crippen molar-refractivity contribution in [2.75, 3.05) is 33.9 Å². The first-order chi connectivity index (χ1) is 8.11. The maximum Gasteiger partial charge on any atom is 0.118 e. The minimum absolute atomic E-state index is 0.385. The van der Waals surface area contributed by atoms with Gasteiger partial charge < -0.3 is 14.4 Å². The van der Waals surface area contributed by atoms with Gasteiger partial charge >= 0.3 is 0 Å². The fraction of sp³-hybridized carbons (Fsp3) is 0.571. The molecule has 1 aliphatic rings. The molecule has 1 heterocycles. The Morgan fingerprint density at radius 2 is 1.94 bits per heavy atom. The van der Waals surface area contributed by atoms with E-state index in [4.69, 9.17) is 9.47 Å². The van der Waals surface area contributed by atoms with Gasteiger partial charge in [0.2, 0.25) is 0 Å². The van der Waals surface area contributed by atoms with Crippen LogP contribution in [0.3, 0.4) is 0 Å². The molecule has 0 bridgehead atoms. The molecule has 2 rings (SSSR count). The SMILES string of the molecule is COc1ccc(C[NH+](C)CC2(C)COC2)cc1. The van der Waals surface area contributed by atoms with Crippen LogP contribution in [0.5, 0.6) is 5.75 Å². The number of hydrogen-bond donors (Lipinski definition) is 1. The molecule has 1 unspecified atom stereocenters. The quantitative estimate of drug-likeness (QED) is 0.815. The minimum atomic E-state index is 0.385. The van der Waals surface area contributed by atoms with Crippen LogP contribution in [0.2, 0.25) is 0 Å². The lowest BCUT2D eigenvalue weighted by Gasteiger charge is -2.38. The van der Waals surface area contributed by atoms with Crippen LogP contribution in [0.25, 0.3) is 0 Å². The molecule has 1 aromatic carbocycles. The number of nitrogens with one attached hydrogen (secondary N) is 1. The molecule has 0 radical (unpaired) electrons. The second kappa shape index (κ2) is 5.07. The highest BCUT2D eigenvalue weighted by molar-refractivity contribution is 5.26. The lowest BCUT2D eigenvalue weighted by molar-refractivity contribution is -0.902. The molecular formula is C14H22NO2+. The molecule has 3 nitrogen and oxygen atoms in total. The van der Waals surface area contributed by atoms with E-state index in [-0.39, 0.29) is 0 Å². The largest absolute Gasteiger partial charge is 0.497 e. The van der Waals surface area contributed by atoms with Gasteiger partial charge in [-0.3, -0.25) is 0 Å². The summed E-state index contributed by atoms with van der Waals surface area (Å²) in [6.45, 7) is 6.34. The number of hydrogen-bond acceptors (Lipinski definition) is 2. The Bertz CT molecular complexity index is 357. The molecular weight excluding hydrogens is 214 g/mol. The summed E-state index contributed by atoms with van der Waals surface area (Å²) in [7, 11) is 3.94. The summed E-state index contributed by atoms with van der Waals surface area (Å²) >= 11 is 0. The van der Waals surface area contributed by atoms with Crippen molar-refractivity contribution in [1.82, 2.24) is 0 Å². The second-order valence-corrected chi connectivity index (χ2v) is 5.46. The van der Waals surface area contributed by atoms with E-state index < -0.39 is 0 Å². The fourth-order valence-electron chi connectivity index (χ4n) is 2.44. The third-order valence-electron chi connectivity index (χ3n) is 3.29. The van der Waals surface area contributed by atoms with Gasteiger partial charge in [0.25, 0.3) is 0 Å². The van der Waals surface area contributed by atoms with Gasteiger partial charge in [-0.25, -0.2) is 0 Å². The van der Waals surface area contributed by atoms with Gasteiger partial charge in [0.15, 0.2) is 0 Å². The predicted octanol–water partition coefficient (Wildman–Crippen LogP) is 0.746. The van der Waals surface area contributed by atoms with Crippen LogP contribution in [0.1, 0.15) is 12.5 Å². The molecule has 0 aliphatic carbocycles. The first-order valence-corrected chi connectivity index (χ1v) is 6.13. The minimum Gasteiger partial charge on any atom is -0.497 e. The van der Waals surface area contributed by atoms with E-state index >= 15 is 0 Å². The van der Waals surface area contributed by atoms with Gasteiger partial charge in [0.05, 0.1) is 39.3 Å². The van der Waals surface area contributed by atoms with Crippen LogP contribution < -0.4 is 9.64 Å². The molecule has 1 fully saturated rings. The topological polar surface area (TPSA) is 22.9 Å². The second-order valence-electron chi connectivity index (χ2n) is 5.46. The van der Waals surface area contributed by atoms with Crippen LogP contribution >= 0.6 is 0 Å². The third kappa shape index (κ3) is 3.20. The molecule has 0 aromatic heterocycles. The number of benzene rings is 1. The van der Waals surface area contributed by atoms with Gasteiger partial charge in [-0.15, -0.1) is 0 Å². The fourth-order valence-corrected chi connectivity index (χ4v) is 2.44. The van der Waals surface area contributed by atoms with Crippen LogP contribution in [0.4, 0.5) is 0 Å². The predicted molar refractivity (Wildman–Crippen MR) is 67.4 cm³/mol. The van der Waals surface area contributed by atoms with Crippen molar-refractivity contribution in [3.8, 4) is 5.75 Å². The number of rotatable bonds is 5. The zero-order valence-electron chi connectivity index (χ0n) is 11.0. The van der Waals surface area contributed by atoms with E-state index in [1.807, 2.05) is 12.1 Å². The normalized spacial score (nSPS) is 19.5. The Balaban J connectivity index is 1.86. The third-order valence-corrected chi connectivity index (χ3v) is 3.29. The van der Waals surface area contributed by atoms with Crippen LogP contribution in [0.15, 0.2) is 24.3 Å². The Morgan fingerprint density at radius 1 is 1.29 bits per heavy atom. The number of ether oxygens (including phenoxy) is 2. The van der Waals surface area contributed by atoms with Crippen molar-refractivity contribution < 1.29 is 14.4 Å².